The van der Waals surface area contributed by atoms with Gasteiger partial charge in [-0.1, -0.05) is 29.8 Å². The summed E-state index contributed by atoms with van der Waals surface area (Å²) in [5, 5.41) is 30.2. The van der Waals surface area contributed by atoms with Gasteiger partial charge in [0.05, 0.1) is 6.54 Å². The third-order valence-electron chi connectivity index (χ3n) is 3.60. The summed E-state index contributed by atoms with van der Waals surface area (Å²) in [6.07, 6.45) is 0. The lowest BCUT2D eigenvalue weighted by Gasteiger charge is -2.05. The van der Waals surface area contributed by atoms with Gasteiger partial charge in [-0.05, 0) is 30.6 Å². The van der Waals surface area contributed by atoms with Gasteiger partial charge < -0.3 is 14.5 Å². The maximum absolute atomic E-state index is 14.1. The van der Waals surface area contributed by atoms with Crippen LogP contribution in [0.5, 0.6) is 0 Å². The fourth-order valence-corrected chi connectivity index (χ4v) is 2.34. The summed E-state index contributed by atoms with van der Waals surface area (Å²) in [5.41, 5.74) is 1.90. The summed E-state index contributed by atoms with van der Waals surface area (Å²) >= 11 is 0. The SMILES string of the molecule is Cc1cccc(-c2nn(Cc3ccc(B(O)O)cc3F)c(=N)o2)c1. The first-order chi connectivity index (χ1) is 11.4. The van der Waals surface area contributed by atoms with Gasteiger partial charge in [0.1, 0.15) is 5.82 Å². The molecule has 0 spiro atoms. The van der Waals surface area contributed by atoms with E-state index in [4.69, 9.17) is 19.9 Å². The quantitative estimate of drug-likeness (QED) is 0.618. The van der Waals surface area contributed by atoms with Crippen molar-refractivity contribution in [2.24, 2.45) is 0 Å². The van der Waals surface area contributed by atoms with E-state index in [9.17, 15) is 4.39 Å². The molecule has 6 nitrogen and oxygen atoms in total. The molecular formula is C16H15BFN3O3. The predicted molar refractivity (Wildman–Crippen MR) is 85.8 cm³/mol. The standard InChI is InChI=1S/C16H15BFN3O3/c1-10-3-2-4-11(7-10)15-20-21(16(19)24-15)9-12-5-6-13(17(22)23)8-14(12)18/h2-8,19,22-23H,9H2,1H3. The molecule has 0 fully saturated rings. The topological polar surface area (TPSA) is 95.3 Å². The maximum Gasteiger partial charge on any atom is 0.488 e. The highest BCUT2D eigenvalue weighted by atomic mass is 19.1. The molecule has 0 atom stereocenters. The predicted octanol–water partition coefficient (Wildman–Crippen LogP) is 0.798. The van der Waals surface area contributed by atoms with Crippen LogP contribution in [-0.4, -0.2) is 26.9 Å². The average molecular weight is 327 g/mol. The monoisotopic (exact) mass is 327 g/mol. The minimum atomic E-state index is -1.73. The normalized spacial score (nSPS) is 10.8. The van der Waals surface area contributed by atoms with Crippen molar-refractivity contribution in [1.82, 2.24) is 9.78 Å². The number of hydrogen-bond acceptors (Lipinski definition) is 5. The molecular weight excluding hydrogens is 312 g/mol. The van der Waals surface area contributed by atoms with Crippen molar-refractivity contribution < 1.29 is 18.9 Å². The van der Waals surface area contributed by atoms with Crippen LogP contribution in [0.1, 0.15) is 11.1 Å². The second-order valence-electron chi connectivity index (χ2n) is 5.46. The van der Waals surface area contributed by atoms with E-state index in [1.165, 1.54) is 16.8 Å². The highest BCUT2D eigenvalue weighted by Crippen LogP contribution is 2.17. The number of aromatic nitrogens is 2. The molecule has 122 valence electrons. The molecule has 3 rings (SSSR count). The number of hydrogen-bond donors (Lipinski definition) is 3. The van der Waals surface area contributed by atoms with Crippen molar-refractivity contribution in [2.75, 3.05) is 0 Å². The molecule has 0 bridgehead atoms. The van der Waals surface area contributed by atoms with Gasteiger partial charge in [0.2, 0.25) is 5.89 Å². The van der Waals surface area contributed by atoms with Crippen LogP contribution in [0.4, 0.5) is 4.39 Å². The molecule has 0 unspecified atom stereocenters. The first kappa shape index (κ1) is 16.2. The molecule has 1 aromatic heterocycles. The van der Waals surface area contributed by atoms with Gasteiger partial charge >= 0.3 is 12.8 Å². The van der Waals surface area contributed by atoms with Crippen LogP contribution in [0.2, 0.25) is 0 Å². The van der Waals surface area contributed by atoms with Crippen molar-refractivity contribution in [3.8, 4) is 11.5 Å². The van der Waals surface area contributed by atoms with Crippen molar-refractivity contribution in [2.45, 2.75) is 13.5 Å². The van der Waals surface area contributed by atoms with E-state index < -0.39 is 12.9 Å². The Morgan fingerprint density at radius 2 is 2.04 bits per heavy atom. The van der Waals surface area contributed by atoms with Gasteiger partial charge in [-0.25, -0.2) is 14.5 Å². The molecule has 0 aliphatic heterocycles. The van der Waals surface area contributed by atoms with E-state index in [1.54, 1.807) is 0 Å². The first-order valence-electron chi connectivity index (χ1n) is 7.28. The molecule has 0 saturated heterocycles. The van der Waals surface area contributed by atoms with Crippen molar-refractivity contribution in [1.29, 1.82) is 5.41 Å². The number of halogens is 1. The fraction of sp³-hybridized carbons (Fsp3) is 0.125. The second-order valence-corrected chi connectivity index (χ2v) is 5.46. The van der Waals surface area contributed by atoms with E-state index in [0.29, 0.717) is 0 Å². The van der Waals surface area contributed by atoms with E-state index in [1.807, 2.05) is 31.2 Å². The number of aryl methyl sites for hydroxylation is 1. The Morgan fingerprint density at radius 1 is 1.25 bits per heavy atom. The van der Waals surface area contributed by atoms with Crippen molar-refractivity contribution in [3.05, 3.63) is 65.1 Å². The summed E-state index contributed by atoms with van der Waals surface area (Å²) in [5.74, 6) is -0.320. The lowest BCUT2D eigenvalue weighted by molar-refractivity contribution is 0.425. The van der Waals surface area contributed by atoms with Gasteiger partial charge in [-0.3, -0.25) is 0 Å². The molecule has 0 amide bonds. The molecule has 1 heterocycles. The van der Waals surface area contributed by atoms with E-state index >= 15 is 0 Å². The highest BCUT2D eigenvalue weighted by molar-refractivity contribution is 6.58. The molecule has 3 aromatic rings. The number of nitrogens with zero attached hydrogens (tertiary/aromatic N) is 2. The van der Waals surface area contributed by atoms with Crippen LogP contribution in [0.15, 0.2) is 46.9 Å². The molecule has 0 aliphatic carbocycles. The molecule has 8 heteroatoms. The van der Waals surface area contributed by atoms with Crippen LogP contribution >= 0.6 is 0 Å². The summed E-state index contributed by atoms with van der Waals surface area (Å²) in [4.78, 5) is 0. The maximum atomic E-state index is 14.1. The zero-order valence-corrected chi connectivity index (χ0v) is 12.9. The smallest absolute Gasteiger partial charge is 0.423 e. The van der Waals surface area contributed by atoms with Crippen LogP contribution in [-0.2, 0) is 6.54 Å². The highest BCUT2D eigenvalue weighted by Gasteiger charge is 2.15. The Bertz CT molecular complexity index is 936. The van der Waals surface area contributed by atoms with Crippen LogP contribution in [0.25, 0.3) is 11.5 Å². The summed E-state index contributed by atoms with van der Waals surface area (Å²) < 4.78 is 20.6. The minimum absolute atomic E-state index is 0.00177. The Kier molecular flexibility index (Phi) is 4.33. The third-order valence-corrected chi connectivity index (χ3v) is 3.60. The number of rotatable bonds is 4. The Labute approximate surface area is 137 Å². The van der Waals surface area contributed by atoms with Crippen molar-refractivity contribution >= 4 is 12.6 Å². The van der Waals surface area contributed by atoms with Gasteiger partial charge in [0.15, 0.2) is 0 Å². The Balaban J connectivity index is 1.90. The molecule has 3 N–H and O–H groups in total. The average Bonchev–Trinajstić information content (AvgIpc) is 2.90. The minimum Gasteiger partial charge on any atom is -0.423 e. The van der Waals surface area contributed by atoms with Crippen LogP contribution < -0.4 is 11.1 Å². The van der Waals surface area contributed by atoms with Gasteiger partial charge in [0, 0.05) is 11.1 Å². The van der Waals surface area contributed by atoms with E-state index in [2.05, 4.69) is 5.10 Å². The summed E-state index contributed by atoms with van der Waals surface area (Å²) in [6.45, 7) is 1.94. The first-order valence-corrected chi connectivity index (χ1v) is 7.28. The number of benzene rings is 2. The largest absolute Gasteiger partial charge is 0.488 e. The summed E-state index contributed by atoms with van der Waals surface area (Å²) in [6, 6.07) is 11.4. The van der Waals surface area contributed by atoms with E-state index in [-0.39, 0.29) is 29.1 Å². The third kappa shape index (κ3) is 3.29. The van der Waals surface area contributed by atoms with Crippen LogP contribution in [0, 0.1) is 18.2 Å². The molecule has 2 aromatic carbocycles. The number of nitrogens with one attached hydrogen (secondary N) is 1. The van der Waals surface area contributed by atoms with E-state index in [0.717, 1.165) is 17.2 Å². The Hall–Kier alpha value is -2.71. The summed E-state index contributed by atoms with van der Waals surface area (Å²) in [7, 11) is -1.73. The molecule has 0 radical (unpaired) electrons. The van der Waals surface area contributed by atoms with Crippen LogP contribution in [0.3, 0.4) is 0 Å². The molecule has 0 aliphatic rings. The lowest BCUT2D eigenvalue weighted by atomic mass is 9.80. The fourth-order valence-electron chi connectivity index (χ4n) is 2.34. The van der Waals surface area contributed by atoms with Gasteiger partial charge in [-0.2, -0.15) is 0 Å². The molecule has 24 heavy (non-hydrogen) atoms. The Morgan fingerprint density at radius 3 is 2.71 bits per heavy atom. The van der Waals surface area contributed by atoms with Gasteiger partial charge in [-0.15, -0.1) is 5.10 Å². The zero-order chi connectivity index (χ0) is 17.3. The van der Waals surface area contributed by atoms with Crippen molar-refractivity contribution in [3.63, 3.8) is 0 Å². The zero-order valence-electron chi connectivity index (χ0n) is 12.9. The van der Waals surface area contributed by atoms with Gasteiger partial charge in [0.25, 0.3) is 0 Å². The molecule has 0 saturated carbocycles. The second kappa shape index (κ2) is 6.42. The lowest BCUT2D eigenvalue weighted by Crippen LogP contribution is -2.30.